The number of carbonyl (C=O) groups excluding carboxylic acids is 2. The van der Waals surface area contributed by atoms with Crippen LogP contribution in [0.1, 0.15) is 73.1 Å². The van der Waals surface area contributed by atoms with Crippen molar-refractivity contribution in [2.75, 3.05) is 0 Å². The van der Waals surface area contributed by atoms with Crippen LogP contribution in [0.15, 0.2) is 0 Å². The molecule has 1 aliphatic carbocycles. The van der Waals surface area contributed by atoms with Gasteiger partial charge in [-0.15, -0.1) is 0 Å². The number of carboxylic acid groups (broad SMARTS) is 1. The molecule has 5 fully saturated rings. The van der Waals surface area contributed by atoms with Crippen LogP contribution >= 0.6 is 0 Å². The first-order chi connectivity index (χ1) is 16.0. The SMILES string of the molecule is CC(C)[C@@H](NC(=O)CCC(=O)O[C@@H]1O[C@@H]2O[C@]3(C)CC[C@H]4[C@H](C)CC[C@@H]([C@H]1C)[C@@]24OO3)C(=O)O. The highest BCUT2D eigenvalue weighted by Crippen LogP contribution is 2.60. The number of esters is 1. The first kappa shape index (κ1) is 25.3. The second-order valence-electron chi connectivity index (χ2n) is 10.9. The molecule has 0 unspecified atom stereocenters. The normalized spacial score (nSPS) is 41.8. The van der Waals surface area contributed by atoms with E-state index < -0.39 is 47.9 Å². The first-order valence-electron chi connectivity index (χ1n) is 12.4. The fraction of sp³-hybridized carbons (Fsp3) is 0.875. The van der Waals surface area contributed by atoms with Crippen LogP contribution in [0.3, 0.4) is 0 Å². The van der Waals surface area contributed by atoms with Gasteiger partial charge in [-0.3, -0.25) is 9.59 Å². The van der Waals surface area contributed by atoms with Gasteiger partial charge in [-0.1, -0.05) is 27.7 Å². The van der Waals surface area contributed by atoms with Gasteiger partial charge in [0.1, 0.15) is 6.04 Å². The summed E-state index contributed by atoms with van der Waals surface area (Å²) < 4.78 is 18.1. The molecule has 4 aliphatic heterocycles. The van der Waals surface area contributed by atoms with E-state index in [1.54, 1.807) is 13.8 Å². The van der Waals surface area contributed by atoms with Gasteiger partial charge >= 0.3 is 11.9 Å². The van der Waals surface area contributed by atoms with E-state index in [0.717, 1.165) is 19.3 Å². The van der Waals surface area contributed by atoms with Crippen molar-refractivity contribution in [2.24, 2.45) is 29.6 Å². The van der Waals surface area contributed by atoms with Gasteiger partial charge in [-0.2, -0.15) is 0 Å². The molecule has 5 aliphatic rings. The van der Waals surface area contributed by atoms with E-state index in [1.165, 1.54) is 0 Å². The van der Waals surface area contributed by atoms with Gasteiger partial charge in [0.2, 0.25) is 18.0 Å². The predicted octanol–water partition coefficient (Wildman–Crippen LogP) is 2.74. The maximum atomic E-state index is 12.6. The summed E-state index contributed by atoms with van der Waals surface area (Å²) in [7, 11) is 0. The summed E-state index contributed by atoms with van der Waals surface area (Å²) in [5, 5.41) is 11.7. The van der Waals surface area contributed by atoms with Crippen molar-refractivity contribution < 1.29 is 43.5 Å². The summed E-state index contributed by atoms with van der Waals surface area (Å²) in [4.78, 5) is 47.9. The van der Waals surface area contributed by atoms with Crippen molar-refractivity contribution in [2.45, 2.75) is 103 Å². The summed E-state index contributed by atoms with van der Waals surface area (Å²) in [6, 6.07) is -1.01. The number of hydrogen-bond acceptors (Lipinski definition) is 8. The number of ether oxygens (including phenoxy) is 3. The third-order valence-corrected chi connectivity index (χ3v) is 8.15. The largest absolute Gasteiger partial charge is 0.480 e. The van der Waals surface area contributed by atoms with E-state index in [0.29, 0.717) is 12.3 Å². The number of fused-ring (bicyclic) bond motifs is 2. The lowest BCUT2D eigenvalue weighted by Crippen LogP contribution is -2.70. The number of carbonyl (C=O) groups is 3. The Morgan fingerprint density at radius 1 is 1.09 bits per heavy atom. The van der Waals surface area contributed by atoms with Crippen LogP contribution in [-0.4, -0.2) is 53.0 Å². The lowest BCUT2D eigenvalue weighted by Gasteiger charge is -2.59. The van der Waals surface area contributed by atoms with E-state index in [2.05, 4.69) is 12.2 Å². The molecule has 10 nitrogen and oxygen atoms in total. The topological polar surface area (TPSA) is 130 Å². The number of rotatable bonds is 7. The van der Waals surface area contributed by atoms with E-state index >= 15 is 0 Å². The van der Waals surface area contributed by atoms with Crippen LogP contribution in [0.2, 0.25) is 0 Å². The fourth-order valence-electron chi connectivity index (χ4n) is 6.17. The van der Waals surface area contributed by atoms with E-state index in [-0.39, 0.29) is 36.5 Å². The van der Waals surface area contributed by atoms with Crippen LogP contribution in [-0.2, 0) is 38.4 Å². The van der Waals surface area contributed by atoms with Gasteiger partial charge in [0.25, 0.3) is 0 Å². The minimum Gasteiger partial charge on any atom is -0.480 e. The smallest absolute Gasteiger partial charge is 0.326 e. The third-order valence-electron chi connectivity index (χ3n) is 8.15. The van der Waals surface area contributed by atoms with E-state index in [1.807, 2.05) is 13.8 Å². The third kappa shape index (κ3) is 4.45. The fourth-order valence-corrected chi connectivity index (χ4v) is 6.17. The van der Waals surface area contributed by atoms with Crippen LogP contribution < -0.4 is 5.32 Å². The number of aliphatic carboxylic acids is 1. The van der Waals surface area contributed by atoms with Crippen molar-refractivity contribution in [1.29, 1.82) is 0 Å². The second-order valence-corrected chi connectivity index (χ2v) is 10.9. The molecule has 4 heterocycles. The second kappa shape index (κ2) is 9.37. The van der Waals surface area contributed by atoms with Crippen molar-refractivity contribution in [3.05, 3.63) is 0 Å². The maximum Gasteiger partial charge on any atom is 0.326 e. The molecule has 10 heteroatoms. The van der Waals surface area contributed by atoms with Gasteiger partial charge < -0.3 is 24.6 Å². The Kier molecular flexibility index (Phi) is 6.98. The predicted molar refractivity (Wildman–Crippen MR) is 117 cm³/mol. The summed E-state index contributed by atoms with van der Waals surface area (Å²) >= 11 is 0. The minimum absolute atomic E-state index is 0.0264. The quantitative estimate of drug-likeness (QED) is 0.415. The van der Waals surface area contributed by atoms with Gasteiger partial charge in [-0.25, -0.2) is 14.6 Å². The minimum atomic E-state index is -1.11. The highest BCUT2D eigenvalue weighted by molar-refractivity contribution is 5.85. The lowest BCUT2D eigenvalue weighted by molar-refractivity contribution is -0.576. The van der Waals surface area contributed by atoms with Crippen LogP contribution in [0, 0.1) is 29.6 Å². The van der Waals surface area contributed by atoms with Crippen molar-refractivity contribution in [1.82, 2.24) is 5.32 Å². The number of hydrogen-bond donors (Lipinski definition) is 2. The molecule has 0 aromatic heterocycles. The molecule has 1 spiro atoms. The molecule has 4 saturated heterocycles. The van der Waals surface area contributed by atoms with E-state index in [4.69, 9.17) is 24.0 Å². The molecule has 0 aromatic carbocycles. The summed E-state index contributed by atoms with van der Waals surface area (Å²) in [6.45, 7) is 9.45. The molecule has 0 radical (unpaired) electrons. The zero-order valence-electron chi connectivity index (χ0n) is 20.6. The molecule has 0 aromatic rings. The molecule has 2 bridgehead atoms. The van der Waals surface area contributed by atoms with Crippen molar-refractivity contribution in [3.8, 4) is 0 Å². The molecule has 9 atom stereocenters. The Balaban J connectivity index is 1.40. The molecule has 1 amide bonds. The molecule has 5 rings (SSSR count). The van der Waals surface area contributed by atoms with Crippen LogP contribution in [0.5, 0.6) is 0 Å². The van der Waals surface area contributed by atoms with Crippen LogP contribution in [0.25, 0.3) is 0 Å². The molecule has 34 heavy (non-hydrogen) atoms. The zero-order chi connectivity index (χ0) is 24.8. The summed E-state index contributed by atoms with van der Waals surface area (Å²) in [6.07, 6.45) is 1.62. The number of nitrogens with one attached hydrogen (secondary N) is 1. The molecule has 192 valence electrons. The highest BCUT2D eigenvalue weighted by Gasteiger charge is 2.69. The lowest BCUT2D eigenvalue weighted by atomic mass is 9.58. The van der Waals surface area contributed by atoms with Gasteiger partial charge in [0, 0.05) is 24.7 Å². The molecular weight excluding hydrogens is 446 g/mol. The highest BCUT2D eigenvalue weighted by atomic mass is 17.3. The maximum absolute atomic E-state index is 12.6. The molecule has 1 saturated carbocycles. The Morgan fingerprint density at radius 3 is 2.50 bits per heavy atom. The monoisotopic (exact) mass is 483 g/mol. The van der Waals surface area contributed by atoms with Crippen molar-refractivity contribution >= 4 is 17.8 Å². The molecular formula is C24H37NO9. The zero-order valence-corrected chi connectivity index (χ0v) is 20.6. The Labute approximate surface area is 199 Å². The Bertz CT molecular complexity index is 818. The van der Waals surface area contributed by atoms with Gasteiger partial charge in [0.15, 0.2) is 11.9 Å². The summed E-state index contributed by atoms with van der Waals surface area (Å²) in [5.74, 6) is -2.88. The van der Waals surface area contributed by atoms with Gasteiger partial charge in [0.05, 0.1) is 6.42 Å². The number of amides is 1. The average Bonchev–Trinajstić information content (AvgIpc) is 2.99. The standard InChI is InChI=1S/C24H37NO9/c1-12(2)19(20(28)29)25-17(26)8-9-18(27)30-21-14(4)16-7-6-13(3)15-10-11-23(5)32-22(31-21)24(15,16)34-33-23/h12-16,19,21-22H,6-11H2,1-5H3,(H,25,26)(H,28,29)/t13-,14-,15+,16+,19-,21-,22-,23+,24-/m1/s1. The number of carboxylic acids is 1. The van der Waals surface area contributed by atoms with Crippen molar-refractivity contribution in [3.63, 3.8) is 0 Å². The Hall–Kier alpha value is -1.75. The summed E-state index contributed by atoms with van der Waals surface area (Å²) in [5.41, 5.74) is -0.738. The van der Waals surface area contributed by atoms with Gasteiger partial charge in [-0.05, 0) is 43.9 Å². The molecule has 2 N–H and O–H groups in total. The van der Waals surface area contributed by atoms with Crippen LogP contribution in [0.4, 0.5) is 0 Å². The first-order valence-corrected chi connectivity index (χ1v) is 12.4. The van der Waals surface area contributed by atoms with E-state index in [9.17, 15) is 19.5 Å². The Morgan fingerprint density at radius 2 is 1.82 bits per heavy atom. The average molecular weight is 484 g/mol.